The minimum Gasteiger partial charge on any atom is -0.388 e. The van der Waals surface area contributed by atoms with Crippen molar-refractivity contribution in [1.82, 2.24) is 24.9 Å². The number of rotatable bonds is 5. The molecule has 4 aromatic rings. The predicted octanol–water partition coefficient (Wildman–Crippen LogP) is 4.14. The molecule has 0 bridgehead atoms. The van der Waals surface area contributed by atoms with Crippen LogP contribution in [-0.2, 0) is 0 Å². The highest BCUT2D eigenvalue weighted by Gasteiger charge is 2.26. The van der Waals surface area contributed by atoms with Crippen LogP contribution in [0.3, 0.4) is 0 Å². The van der Waals surface area contributed by atoms with Crippen LogP contribution in [0.25, 0.3) is 28.0 Å². The van der Waals surface area contributed by atoms with Crippen LogP contribution in [0.15, 0.2) is 42.6 Å². The Morgan fingerprint density at radius 3 is 2.46 bits per heavy atom. The van der Waals surface area contributed by atoms with Crippen molar-refractivity contribution in [2.45, 2.75) is 53.2 Å². The zero-order valence-electron chi connectivity index (χ0n) is 20.7. The number of aliphatic hydroxyl groups is 1. The minimum atomic E-state index is -1.08. The maximum absolute atomic E-state index is 13.0. The molecule has 1 amide bonds. The fourth-order valence-corrected chi connectivity index (χ4v) is 3.95. The van der Waals surface area contributed by atoms with Gasteiger partial charge in [0.2, 0.25) is 0 Å². The number of hydrogen-bond donors (Lipinski definition) is 2. The summed E-state index contributed by atoms with van der Waals surface area (Å²) in [6.45, 7) is 10.8. The van der Waals surface area contributed by atoms with Crippen LogP contribution in [0.2, 0.25) is 0 Å². The molecule has 1 atom stereocenters. The first-order chi connectivity index (χ1) is 16.5. The molecule has 0 aliphatic heterocycles. The van der Waals surface area contributed by atoms with Gasteiger partial charge in [0.1, 0.15) is 11.4 Å². The number of aryl methyl sites for hydroxylation is 2. The van der Waals surface area contributed by atoms with Crippen LogP contribution in [0, 0.1) is 32.1 Å². The fourth-order valence-electron chi connectivity index (χ4n) is 3.95. The Morgan fingerprint density at radius 2 is 1.83 bits per heavy atom. The van der Waals surface area contributed by atoms with Gasteiger partial charge in [0.25, 0.3) is 5.91 Å². The highest BCUT2D eigenvalue weighted by molar-refractivity contribution is 5.96. The third kappa shape index (κ3) is 4.63. The van der Waals surface area contributed by atoms with Crippen molar-refractivity contribution in [3.8, 4) is 28.5 Å². The molecule has 0 unspecified atom stereocenters. The molecule has 0 aliphatic carbocycles. The molecule has 0 aliphatic rings. The summed E-state index contributed by atoms with van der Waals surface area (Å²) < 4.78 is 1.64. The minimum absolute atomic E-state index is 0.214. The Bertz CT molecular complexity index is 1470. The Labute approximate surface area is 204 Å². The molecule has 3 aromatic heterocycles. The van der Waals surface area contributed by atoms with Crippen LogP contribution in [0.1, 0.15) is 53.8 Å². The summed E-state index contributed by atoms with van der Waals surface area (Å²) in [7, 11) is 0. The van der Waals surface area contributed by atoms with Crippen LogP contribution in [-0.4, -0.2) is 42.2 Å². The molecule has 2 N–H and O–H groups in total. The number of carbonyl (C=O) groups is 1. The van der Waals surface area contributed by atoms with Gasteiger partial charge in [-0.05, 0) is 76.9 Å². The van der Waals surface area contributed by atoms with E-state index in [1.54, 1.807) is 43.6 Å². The van der Waals surface area contributed by atoms with E-state index in [2.05, 4.69) is 21.4 Å². The van der Waals surface area contributed by atoms with Crippen LogP contribution in [0.5, 0.6) is 0 Å². The quantitative estimate of drug-likeness (QED) is 0.455. The first-order valence-corrected chi connectivity index (χ1v) is 11.4. The monoisotopic (exact) mass is 468 g/mol. The highest BCUT2D eigenvalue weighted by atomic mass is 16.3. The van der Waals surface area contributed by atoms with E-state index in [0.29, 0.717) is 16.9 Å². The van der Waals surface area contributed by atoms with E-state index in [1.807, 2.05) is 45.0 Å². The molecule has 0 saturated carbocycles. The number of amides is 1. The van der Waals surface area contributed by atoms with E-state index in [-0.39, 0.29) is 11.6 Å². The lowest BCUT2D eigenvalue weighted by molar-refractivity contribution is 0.0407. The van der Waals surface area contributed by atoms with Crippen LogP contribution >= 0.6 is 0 Å². The van der Waals surface area contributed by atoms with E-state index in [1.165, 1.54) is 0 Å². The molecule has 0 radical (unpaired) electrons. The van der Waals surface area contributed by atoms with Gasteiger partial charge in [0.05, 0.1) is 28.8 Å². The highest BCUT2D eigenvalue weighted by Crippen LogP contribution is 2.37. The zero-order valence-corrected chi connectivity index (χ0v) is 20.7. The SMILES string of the molecule is Cc1cc(-c2c(-c3cccc(C#N)c3C)nn3ccc(C(=O)N[C@@H](C)C(C)(C)O)nc23)cc(C)n1. The third-order valence-electron chi connectivity index (χ3n) is 6.20. The van der Waals surface area contributed by atoms with Gasteiger partial charge in [-0.1, -0.05) is 12.1 Å². The fraction of sp³-hybridized carbons (Fsp3) is 0.296. The summed E-state index contributed by atoms with van der Waals surface area (Å²) in [5.74, 6) is -0.388. The standard InChI is InChI=1S/C27H28N6O2/c1-15-12-20(13-16(2)29-15)23-24(21-9-7-8-19(14-28)17(21)3)32-33-11-10-22(31-25(23)33)26(34)30-18(4)27(5,6)35/h7-13,18,35H,1-6H3,(H,30,34)/t18-/m0/s1. The zero-order chi connectivity index (χ0) is 25.5. The van der Waals surface area contributed by atoms with Crippen molar-refractivity contribution >= 4 is 11.6 Å². The number of aromatic nitrogens is 4. The van der Waals surface area contributed by atoms with Crippen LogP contribution < -0.4 is 5.32 Å². The molecule has 1 aromatic carbocycles. The van der Waals surface area contributed by atoms with Gasteiger partial charge in [-0.25, -0.2) is 9.50 Å². The number of carbonyl (C=O) groups excluding carboxylic acids is 1. The summed E-state index contributed by atoms with van der Waals surface area (Å²) in [4.78, 5) is 22.1. The maximum atomic E-state index is 13.0. The van der Waals surface area contributed by atoms with Crippen LogP contribution in [0.4, 0.5) is 0 Å². The smallest absolute Gasteiger partial charge is 0.270 e. The first-order valence-electron chi connectivity index (χ1n) is 11.4. The molecular formula is C27H28N6O2. The summed E-state index contributed by atoms with van der Waals surface area (Å²) in [5.41, 5.74) is 5.84. The van der Waals surface area contributed by atoms with E-state index in [9.17, 15) is 15.2 Å². The van der Waals surface area contributed by atoms with E-state index >= 15 is 0 Å². The third-order valence-corrected chi connectivity index (χ3v) is 6.20. The molecule has 3 heterocycles. The number of nitriles is 1. The molecule has 0 spiro atoms. The van der Waals surface area contributed by atoms with Crippen molar-refractivity contribution < 1.29 is 9.90 Å². The topological polar surface area (TPSA) is 116 Å². The maximum Gasteiger partial charge on any atom is 0.270 e. The van der Waals surface area contributed by atoms with Crippen molar-refractivity contribution in [3.63, 3.8) is 0 Å². The largest absolute Gasteiger partial charge is 0.388 e. The number of fused-ring (bicyclic) bond motifs is 1. The average Bonchev–Trinajstić information content (AvgIpc) is 3.16. The average molecular weight is 469 g/mol. The lowest BCUT2D eigenvalue weighted by atomic mass is 9.95. The number of benzene rings is 1. The summed E-state index contributed by atoms with van der Waals surface area (Å²) in [6, 6.07) is 12.8. The first kappa shape index (κ1) is 24.0. The molecule has 8 heteroatoms. The molecule has 0 saturated heterocycles. The van der Waals surface area contributed by atoms with E-state index < -0.39 is 11.6 Å². The van der Waals surface area contributed by atoms with Gasteiger partial charge >= 0.3 is 0 Å². The predicted molar refractivity (Wildman–Crippen MR) is 134 cm³/mol. The Hall–Kier alpha value is -4.09. The number of pyridine rings is 1. The molecular weight excluding hydrogens is 440 g/mol. The van der Waals surface area contributed by atoms with Crippen molar-refractivity contribution in [2.24, 2.45) is 0 Å². The van der Waals surface area contributed by atoms with Gasteiger partial charge in [0.15, 0.2) is 5.65 Å². The summed E-state index contributed by atoms with van der Waals surface area (Å²) in [5, 5.41) is 27.4. The summed E-state index contributed by atoms with van der Waals surface area (Å²) >= 11 is 0. The van der Waals surface area contributed by atoms with Gasteiger partial charge in [0, 0.05) is 23.1 Å². The second kappa shape index (κ2) is 8.93. The number of hydrogen-bond acceptors (Lipinski definition) is 6. The molecule has 0 fully saturated rings. The second-order valence-electron chi connectivity index (χ2n) is 9.38. The van der Waals surface area contributed by atoms with Gasteiger partial charge in [-0.15, -0.1) is 0 Å². The molecule has 35 heavy (non-hydrogen) atoms. The Balaban J connectivity index is 1.96. The number of nitrogens with zero attached hydrogens (tertiary/aromatic N) is 5. The Kier molecular flexibility index (Phi) is 6.14. The van der Waals surface area contributed by atoms with E-state index in [0.717, 1.165) is 33.6 Å². The van der Waals surface area contributed by atoms with Gasteiger partial charge in [-0.3, -0.25) is 9.78 Å². The van der Waals surface area contributed by atoms with Gasteiger partial charge in [-0.2, -0.15) is 10.4 Å². The lowest BCUT2D eigenvalue weighted by Crippen LogP contribution is -2.47. The van der Waals surface area contributed by atoms with Crippen molar-refractivity contribution in [1.29, 1.82) is 5.26 Å². The lowest BCUT2D eigenvalue weighted by Gasteiger charge is -2.26. The van der Waals surface area contributed by atoms with Gasteiger partial charge < -0.3 is 10.4 Å². The molecule has 8 nitrogen and oxygen atoms in total. The van der Waals surface area contributed by atoms with Crippen molar-refractivity contribution in [2.75, 3.05) is 0 Å². The number of nitrogens with one attached hydrogen (secondary N) is 1. The molecule has 4 rings (SSSR count). The van der Waals surface area contributed by atoms with E-state index in [4.69, 9.17) is 5.10 Å². The van der Waals surface area contributed by atoms with Crippen molar-refractivity contribution in [3.05, 3.63) is 70.8 Å². The Morgan fingerprint density at radius 1 is 1.14 bits per heavy atom. The second-order valence-corrected chi connectivity index (χ2v) is 9.38. The normalized spacial score (nSPS) is 12.4. The molecule has 178 valence electrons. The summed E-state index contributed by atoms with van der Waals surface area (Å²) in [6.07, 6.45) is 1.70.